The van der Waals surface area contributed by atoms with Gasteiger partial charge < -0.3 is 9.32 Å². The van der Waals surface area contributed by atoms with Gasteiger partial charge in [0, 0.05) is 29.1 Å². The molecule has 30 heavy (non-hydrogen) atoms. The van der Waals surface area contributed by atoms with Gasteiger partial charge in [-0.15, -0.1) is 10.2 Å². The number of hydrogen-bond acceptors (Lipinski definition) is 4. The first-order valence-corrected chi connectivity index (χ1v) is 10.1. The third-order valence-electron chi connectivity index (χ3n) is 5.29. The van der Waals surface area contributed by atoms with Gasteiger partial charge in [-0.3, -0.25) is 4.79 Å². The lowest BCUT2D eigenvalue weighted by atomic mass is 10.0. The number of hydrogen-bond donors (Lipinski definition) is 0. The van der Waals surface area contributed by atoms with Gasteiger partial charge in [0.25, 0.3) is 5.91 Å². The van der Waals surface area contributed by atoms with Crippen molar-refractivity contribution in [1.29, 1.82) is 0 Å². The zero-order chi connectivity index (χ0) is 20.5. The van der Waals surface area contributed by atoms with E-state index in [-0.39, 0.29) is 11.9 Å². The maximum atomic E-state index is 13.1. The minimum atomic E-state index is -0.368. The molecule has 1 aliphatic heterocycles. The van der Waals surface area contributed by atoms with E-state index in [9.17, 15) is 4.79 Å². The molecule has 0 bridgehead atoms. The second-order valence-corrected chi connectivity index (χ2v) is 7.69. The number of nitrogens with zero attached hydrogens (tertiary/aromatic N) is 3. The topological polar surface area (TPSA) is 59.2 Å². The third kappa shape index (κ3) is 3.48. The number of halogens is 1. The Balaban J connectivity index is 1.52. The van der Waals surface area contributed by atoms with Crippen LogP contribution in [0, 0.1) is 0 Å². The Morgan fingerprint density at radius 2 is 1.77 bits per heavy atom. The smallest absolute Gasteiger partial charge is 0.255 e. The van der Waals surface area contributed by atoms with E-state index in [2.05, 4.69) is 10.2 Å². The van der Waals surface area contributed by atoms with Crippen LogP contribution in [0.5, 0.6) is 0 Å². The average molecular weight is 416 g/mol. The molecule has 0 aliphatic carbocycles. The van der Waals surface area contributed by atoms with E-state index in [1.54, 1.807) is 12.1 Å². The zero-order valence-electron chi connectivity index (χ0n) is 16.0. The number of fused-ring (bicyclic) bond motifs is 1. The zero-order valence-corrected chi connectivity index (χ0v) is 16.8. The van der Waals surface area contributed by atoms with Gasteiger partial charge in [-0.2, -0.15) is 0 Å². The Morgan fingerprint density at radius 1 is 0.967 bits per heavy atom. The quantitative estimate of drug-likeness (QED) is 0.442. The van der Waals surface area contributed by atoms with Gasteiger partial charge in [0.15, 0.2) is 0 Å². The SMILES string of the molecule is O=C1c2ccccc2CN1C(Cc1ccccc1)c1nnc(-c2cccc(Cl)c2)o1. The molecule has 2 heterocycles. The normalized spacial score (nSPS) is 14.0. The van der Waals surface area contributed by atoms with Crippen molar-refractivity contribution in [2.24, 2.45) is 0 Å². The molecule has 1 amide bonds. The summed E-state index contributed by atoms with van der Waals surface area (Å²) in [6, 6.07) is 24.6. The highest BCUT2D eigenvalue weighted by molar-refractivity contribution is 6.30. The fourth-order valence-electron chi connectivity index (χ4n) is 3.80. The maximum Gasteiger partial charge on any atom is 0.255 e. The predicted molar refractivity (Wildman–Crippen MR) is 114 cm³/mol. The van der Waals surface area contributed by atoms with Gasteiger partial charge in [0.1, 0.15) is 6.04 Å². The number of rotatable bonds is 5. The summed E-state index contributed by atoms with van der Waals surface area (Å²) in [5.74, 6) is 0.777. The molecule has 5 rings (SSSR count). The standard InChI is InChI=1S/C24H18ClN3O2/c25-19-11-6-10-17(14-19)22-26-27-23(30-22)21(13-16-7-2-1-3-8-16)28-15-18-9-4-5-12-20(18)24(28)29/h1-12,14,21H,13,15H2. The fraction of sp³-hybridized carbons (Fsp3) is 0.125. The van der Waals surface area contributed by atoms with Gasteiger partial charge >= 0.3 is 0 Å². The highest BCUT2D eigenvalue weighted by Gasteiger charge is 2.36. The van der Waals surface area contributed by atoms with Crippen LogP contribution < -0.4 is 0 Å². The summed E-state index contributed by atoms with van der Waals surface area (Å²) in [6.07, 6.45) is 0.581. The first-order valence-electron chi connectivity index (χ1n) is 9.71. The highest BCUT2D eigenvalue weighted by Crippen LogP contribution is 2.34. The van der Waals surface area contributed by atoms with Crippen LogP contribution in [0.15, 0.2) is 83.3 Å². The van der Waals surface area contributed by atoms with Crippen molar-refractivity contribution in [3.63, 3.8) is 0 Å². The van der Waals surface area contributed by atoms with Gasteiger partial charge in [0.05, 0.1) is 0 Å². The number of carbonyl (C=O) groups is 1. The molecule has 1 aromatic heterocycles. The van der Waals surface area contributed by atoms with E-state index >= 15 is 0 Å². The first kappa shape index (κ1) is 18.6. The summed E-state index contributed by atoms with van der Waals surface area (Å²) in [7, 11) is 0. The molecule has 1 atom stereocenters. The first-order chi connectivity index (χ1) is 14.7. The molecule has 0 spiro atoms. The summed E-state index contributed by atoms with van der Waals surface area (Å²) < 4.78 is 6.04. The van der Waals surface area contributed by atoms with Crippen LogP contribution in [0.25, 0.3) is 11.5 Å². The van der Waals surface area contributed by atoms with Gasteiger partial charge in [0.2, 0.25) is 11.8 Å². The average Bonchev–Trinajstić information content (AvgIpc) is 3.39. The Morgan fingerprint density at radius 3 is 2.57 bits per heavy atom. The molecule has 5 nitrogen and oxygen atoms in total. The Kier molecular flexibility index (Phi) is 4.81. The Labute approximate surface area is 178 Å². The van der Waals surface area contributed by atoms with Crippen molar-refractivity contribution in [2.45, 2.75) is 19.0 Å². The van der Waals surface area contributed by atoms with Crippen LogP contribution in [0.3, 0.4) is 0 Å². The van der Waals surface area contributed by atoms with Crippen molar-refractivity contribution >= 4 is 17.5 Å². The van der Waals surface area contributed by atoms with Crippen molar-refractivity contribution in [3.8, 4) is 11.5 Å². The molecule has 0 saturated heterocycles. The minimum Gasteiger partial charge on any atom is -0.418 e. The summed E-state index contributed by atoms with van der Waals surface area (Å²) in [4.78, 5) is 15.0. The van der Waals surface area contributed by atoms with Crippen LogP contribution in [0.2, 0.25) is 5.02 Å². The summed E-state index contributed by atoms with van der Waals surface area (Å²) in [5.41, 5.74) is 3.57. The van der Waals surface area contributed by atoms with E-state index in [1.165, 1.54) is 0 Å². The van der Waals surface area contributed by atoms with Crippen LogP contribution in [0.1, 0.15) is 33.4 Å². The van der Waals surface area contributed by atoms with Crippen molar-refractivity contribution in [2.75, 3.05) is 0 Å². The summed E-state index contributed by atoms with van der Waals surface area (Å²) in [5, 5.41) is 9.12. The minimum absolute atomic E-state index is 0.0194. The van der Waals surface area contributed by atoms with Crippen LogP contribution in [0.4, 0.5) is 0 Å². The highest BCUT2D eigenvalue weighted by atomic mass is 35.5. The monoisotopic (exact) mass is 415 g/mol. The van der Waals surface area contributed by atoms with Crippen LogP contribution >= 0.6 is 11.6 Å². The molecule has 0 fully saturated rings. The van der Waals surface area contributed by atoms with Crippen LogP contribution in [-0.2, 0) is 13.0 Å². The van der Waals surface area contributed by atoms with Crippen LogP contribution in [-0.4, -0.2) is 21.0 Å². The van der Waals surface area contributed by atoms with E-state index < -0.39 is 0 Å². The molecule has 6 heteroatoms. The van der Waals surface area contributed by atoms with Gasteiger partial charge in [-0.05, 0) is 35.4 Å². The van der Waals surface area contributed by atoms with Crippen molar-refractivity contribution < 1.29 is 9.21 Å². The lowest BCUT2D eigenvalue weighted by molar-refractivity contribution is 0.0671. The maximum absolute atomic E-state index is 13.1. The number of aromatic nitrogens is 2. The molecule has 0 N–H and O–H groups in total. The molecular formula is C24H18ClN3O2. The molecule has 1 unspecified atom stereocenters. The molecular weight excluding hydrogens is 398 g/mol. The van der Waals surface area contributed by atoms with Gasteiger partial charge in [-0.1, -0.05) is 66.2 Å². The second-order valence-electron chi connectivity index (χ2n) is 7.25. The molecule has 0 saturated carbocycles. The van der Waals surface area contributed by atoms with E-state index in [0.717, 1.165) is 22.3 Å². The lowest BCUT2D eigenvalue weighted by Gasteiger charge is -2.25. The van der Waals surface area contributed by atoms with E-state index in [4.69, 9.17) is 16.0 Å². The van der Waals surface area contributed by atoms with Crippen molar-refractivity contribution in [1.82, 2.24) is 15.1 Å². The number of benzene rings is 3. The molecule has 0 radical (unpaired) electrons. The molecule has 148 valence electrons. The predicted octanol–water partition coefficient (Wildman–Crippen LogP) is 5.33. The summed E-state index contributed by atoms with van der Waals surface area (Å²) >= 11 is 6.10. The molecule has 1 aliphatic rings. The Hall–Kier alpha value is -3.44. The van der Waals surface area contributed by atoms with Crippen molar-refractivity contribution in [3.05, 3.63) is 106 Å². The largest absolute Gasteiger partial charge is 0.418 e. The fourth-order valence-corrected chi connectivity index (χ4v) is 3.99. The second kappa shape index (κ2) is 7.76. The molecule has 4 aromatic rings. The van der Waals surface area contributed by atoms with E-state index in [1.807, 2.05) is 71.6 Å². The number of carbonyl (C=O) groups excluding carboxylic acids is 1. The third-order valence-corrected chi connectivity index (χ3v) is 5.53. The lowest BCUT2D eigenvalue weighted by Crippen LogP contribution is -2.31. The summed E-state index contributed by atoms with van der Waals surface area (Å²) in [6.45, 7) is 0.515. The number of amides is 1. The van der Waals surface area contributed by atoms with E-state index in [0.29, 0.717) is 29.8 Å². The molecule has 3 aromatic carbocycles. The van der Waals surface area contributed by atoms with Gasteiger partial charge in [-0.25, -0.2) is 0 Å². The Bertz CT molecular complexity index is 1210.